The third kappa shape index (κ3) is 4.75. The number of nitrogens with one attached hydrogen (secondary N) is 2. The van der Waals surface area contributed by atoms with Gasteiger partial charge < -0.3 is 10.6 Å². The van der Waals surface area contributed by atoms with Crippen LogP contribution in [0.2, 0.25) is 0 Å². The lowest BCUT2D eigenvalue weighted by Gasteiger charge is -2.15. The summed E-state index contributed by atoms with van der Waals surface area (Å²) in [5.74, 6) is -2.78. The minimum Gasteiger partial charge on any atom is -0.335 e. The van der Waals surface area contributed by atoms with Gasteiger partial charge in [0.2, 0.25) is 0 Å². The Morgan fingerprint density at radius 3 is 1.30 bits per heavy atom. The van der Waals surface area contributed by atoms with Crippen LogP contribution in [0.5, 0.6) is 0 Å². The molecule has 0 aliphatic carbocycles. The average Bonchev–Trinajstić information content (AvgIpc) is 2.65. The summed E-state index contributed by atoms with van der Waals surface area (Å²) in [6, 6.07) is 3.21. The third-order valence-corrected chi connectivity index (χ3v) is 3.79. The molecule has 0 aliphatic heterocycles. The van der Waals surface area contributed by atoms with Gasteiger partial charge in [0.05, 0.1) is 22.5 Å². The molecular weight excluding hydrogens is 424 g/mol. The number of rotatable bonds is 4. The topological polar surface area (TPSA) is 49.8 Å². The van der Waals surface area contributed by atoms with Crippen LogP contribution < -0.4 is 10.6 Å². The Morgan fingerprint density at radius 1 is 0.600 bits per heavy atom. The summed E-state index contributed by atoms with van der Waals surface area (Å²) in [6.45, 7) is 0. The number of benzene rings is 2. The van der Waals surface area contributed by atoms with Gasteiger partial charge in [-0.3, -0.25) is 0 Å². The minimum atomic E-state index is -4.74. The van der Waals surface area contributed by atoms with Crippen LogP contribution in [0.1, 0.15) is 11.1 Å². The highest BCUT2D eigenvalue weighted by Crippen LogP contribution is 2.35. The first-order valence-electron chi connectivity index (χ1n) is 8.03. The summed E-state index contributed by atoms with van der Waals surface area (Å²) in [5, 5.41) is 4.56. The van der Waals surface area contributed by atoms with Gasteiger partial charge in [0.25, 0.3) is 0 Å². The van der Waals surface area contributed by atoms with E-state index < -0.39 is 46.5 Å². The second-order valence-electron chi connectivity index (χ2n) is 5.89. The second-order valence-corrected chi connectivity index (χ2v) is 5.89. The number of hydrogen-bond acceptors (Lipinski definition) is 4. The zero-order valence-electron chi connectivity index (χ0n) is 14.5. The van der Waals surface area contributed by atoms with Gasteiger partial charge in [0.1, 0.15) is 11.6 Å². The van der Waals surface area contributed by atoms with Crippen molar-refractivity contribution in [1.29, 1.82) is 0 Å². The van der Waals surface area contributed by atoms with Crippen LogP contribution in [-0.4, -0.2) is 9.97 Å². The zero-order valence-corrected chi connectivity index (χ0v) is 14.5. The van der Waals surface area contributed by atoms with Gasteiger partial charge in [-0.2, -0.15) is 26.3 Å². The summed E-state index contributed by atoms with van der Waals surface area (Å²) in [7, 11) is 0. The quantitative estimate of drug-likeness (QED) is 0.475. The molecule has 30 heavy (non-hydrogen) atoms. The number of alkyl halides is 6. The number of aromatic nitrogens is 2. The number of anilines is 4. The van der Waals surface area contributed by atoms with Gasteiger partial charge >= 0.3 is 12.4 Å². The van der Waals surface area contributed by atoms with Crippen LogP contribution in [0.25, 0.3) is 0 Å². The molecule has 3 aromatic rings. The highest BCUT2D eigenvalue weighted by atomic mass is 19.4. The molecule has 158 valence electrons. The SMILES string of the molecule is Fc1ccc(C(F)(F)F)cc1Nc1nccnc1Nc1cc(C(F)(F)F)ccc1F. The smallest absolute Gasteiger partial charge is 0.335 e. The van der Waals surface area contributed by atoms with Crippen molar-refractivity contribution in [2.75, 3.05) is 10.6 Å². The molecule has 0 atom stereocenters. The Kier molecular flexibility index (Phi) is 5.51. The average molecular weight is 434 g/mol. The Hall–Kier alpha value is -3.44. The van der Waals surface area contributed by atoms with E-state index in [1.807, 2.05) is 0 Å². The van der Waals surface area contributed by atoms with Crippen LogP contribution in [0.3, 0.4) is 0 Å². The van der Waals surface area contributed by atoms with Crippen molar-refractivity contribution < 1.29 is 35.1 Å². The third-order valence-electron chi connectivity index (χ3n) is 3.79. The fourth-order valence-electron chi connectivity index (χ4n) is 2.37. The molecule has 4 nitrogen and oxygen atoms in total. The predicted octanol–water partition coefficient (Wildman–Crippen LogP) is 6.28. The molecule has 0 aliphatic rings. The molecule has 12 heteroatoms. The first-order valence-corrected chi connectivity index (χ1v) is 8.03. The van der Waals surface area contributed by atoms with Crippen LogP contribution in [0.15, 0.2) is 48.8 Å². The van der Waals surface area contributed by atoms with Crippen LogP contribution in [-0.2, 0) is 12.4 Å². The van der Waals surface area contributed by atoms with E-state index in [1.54, 1.807) is 0 Å². The van der Waals surface area contributed by atoms with Crippen molar-refractivity contribution in [2.45, 2.75) is 12.4 Å². The largest absolute Gasteiger partial charge is 0.416 e. The number of hydrogen-bond donors (Lipinski definition) is 2. The van der Waals surface area contributed by atoms with Crippen molar-refractivity contribution in [1.82, 2.24) is 9.97 Å². The van der Waals surface area contributed by atoms with E-state index in [4.69, 9.17) is 0 Å². The highest BCUT2D eigenvalue weighted by molar-refractivity contribution is 5.72. The fraction of sp³-hybridized carbons (Fsp3) is 0.111. The van der Waals surface area contributed by atoms with E-state index in [1.165, 1.54) is 0 Å². The molecule has 1 heterocycles. The summed E-state index contributed by atoms with van der Waals surface area (Å²) in [5.41, 5.74) is -3.52. The van der Waals surface area contributed by atoms with Crippen LogP contribution in [0.4, 0.5) is 58.1 Å². The predicted molar refractivity (Wildman–Crippen MR) is 91.4 cm³/mol. The van der Waals surface area contributed by atoms with E-state index in [9.17, 15) is 35.1 Å². The molecule has 1 aromatic heterocycles. The van der Waals surface area contributed by atoms with E-state index in [-0.39, 0.29) is 11.6 Å². The standard InChI is InChI=1S/C18H10F8N4/c19-11-3-1-9(17(21,22)23)7-13(11)29-15-16(28-6-5-27-15)30-14-8-10(18(24,25)26)2-4-12(14)20/h1-8H,(H,27,29)(H,28,30). The summed E-state index contributed by atoms with van der Waals surface area (Å²) in [4.78, 5) is 7.55. The highest BCUT2D eigenvalue weighted by Gasteiger charge is 2.32. The lowest BCUT2D eigenvalue weighted by molar-refractivity contribution is -0.138. The molecule has 0 saturated heterocycles. The summed E-state index contributed by atoms with van der Waals surface area (Å²) < 4.78 is 105. The maximum atomic E-state index is 14.0. The van der Waals surface area contributed by atoms with Gasteiger partial charge in [-0.05, 0) is 36.4 Å². The molecule has 2 N–H and O–H groups in total. The van der Waals surface area contributed by atoms with Crippen molar-refractivity contribution in [3.63, 3.8) is 0 Å². The molecule has 0 bridgehead atoms. The maximum Gasteiger partial charge on any atom is 0.416 e. The molecule has 0 amide bonds. The van der Waals surface area contributed by atoms with Gasteiger partial charge in [0, 0.05) is 12.4 Å². The van der Waals surface area contributed by atoms with Gasteiger partial charge in [0.15, 0.2) is 11.6 Å². The van der Waals surface area contributed by atoms with Crippen LogP contribution in [0, 0.1) is 11.6 Å². The first-order chi connectivity index (χ1) is 13.9. The monoisotopic (exact) mass is 434 g/mol. The van der Waals surface area contributed by atoms with Crippen molar-refractivity contribution >= 4 is 23.0 Å². The van der Waals surface area contributed by atoms with E-state index in [2.05, 4.69) is 20.6 Å². The van der Waals surface area contributed by atoms with Gasteiger partial charge in [-0.1, -0.05) is 0 Å². The molecule has 0 spiro atoms. The minimum absolute atomic E-state index is 0.340. The van der Waals surface area contributed by atoms with E-state index in [0.29, 0.717) is 36.4 Å². The number of nitrogens with zero attached hydrogens (tertiary/aromatic N) is 2. The van der Waals surface area contributed by atoms with Crippen molar-refractivity contribution in [3.8, 4) is 0 Å². The van der Waals surface area contributed by atoms with Crippen molar-refractivity contribution in [3.05, 3.63) is 71.6 Å². The molecule has 0 fully saturated rings. The van der Waals surface area contributed by atoms with Gasteiger partial charge in [-0.25, -0.2) is 18.7 Å². The fourth-order valence-corrected chi connectivity index (χ4v) is 2.37. The Bertz CT molecular complexity index is 978. The van der Waals surface area contributed by atoms with Crippen molar-refractivity contribution in [2.24, 2.45) is 0 Å². The Labute approximate surface area is 163 Å². The van der Waals surface area contributed by atoms with Gasteiger partial charge in [-0.15, -0.1) is 0 Å². The first kappa shape index (κ1) is 21.3. The Morgan fingerprint density at radius 2 is 0.967 bits per heavy atom. The maximum absolute atomic E-state index is 14.0. The normalized spacial score (nSPS) is 12.0. The zero-order chi connectivity index (χ0) is 22.1. The Balaban J connectivity index is 1.95. The molecule has 0 unspecified atom stereocenters. The number of halogens is 8. The second kappa shape index (κ2) is 7.76. The molecule has 0 saturated carbocycles. The molecular formula is C18H10F8N4. The summed E-state index contributed by atoms with van der Waals surface area (Å²) in [6.07, 6.45) is -7.29. The summed E-state index contributed by atoms with van der Waals surface area (Å²) >= 11 is 0. The van der Waals surface area contributed by atoms with E-state index in [0.717, 1.165) is 12.4 Å². The van der Waals surface area contributed by atoms with E-state index >= 15 is 0 Å². The lowest BCUT2D eigenvalue weighted by Crippen LogP contribution is -2.09. The van der Waals surface area contributed by atoms with Crippen LogP contribution >= 0.6 is 0 Å². The molecule has 2 aromatic carbocycles. The lowest BCUT2D eigenvalue weighted by atomic mass is 10.2. The molecule has 0 radical (unpaired) electrons. The molecule has 3 rings (SSSR count).